The monoisotopic (exact) mass is 293 g/mol. The van der Waals surface area contributed by atoms with E-state index in [9.17, 15) is 0 Å². The number of rotatable bonds is 5. The molecule has 0 N–H and O–H groups in total. The van der Waals surface area contributed by atoms with Crippen LogP contribution in [0.4, 0.5) is 5.69 Å². The number of allylic oxidation sites excluding steroid dienone is 1. The van der Waals surface area contributed by atoms with Gasteiger partial charge in [0.25, 0.3) is 0 Å². The Hall–Kier alpha value is -2.62. The molecule has 1 aromatic heterocycles. The van der Waals surface area contributed by atoms with Crippen LogP contribution in [0.2, 0.25) is 0 Å². The molecule has 0 fully saturated rings. The summed E-state index contributed by atoms with van der Waals surface area (Å²) < 4.78 is 6.02. The lowest BCUT2D eigenvalue weighted by molar-refractivity contribution is 0.273. The molecular formula is C18H19N3O. The molecule has 1 aromatic carbocycles. The van der Waals surface area contributed by atoms with Gasteiger partial charge in [-0.05, 0) is 30.7 Å². The Labute approximate surface area is 130 Å². The van der Waals surface area contributed by atoms with E-state index in [0.29, 0.717) is 0 Å². The fourth-order valence-corrected chi connectivity index (χ4v) is 2.35. The average molecular weight is 293 g/mol. The van der Waals surface area contributed by atoms with E-state index in [1.54, 1.807) is 12.4 Å². The van der Waals surface area contributed by atoms with Gasteiger partial charge in [0.1, 0.15) is 5.75 Å². The molecule has 0 saturated carbocycles. The molecule has 2 heterocycles. The van der Waals surface area contributed by atoms with Crippen LogP contribution in [-0.2, 0) is 0 Å². The van der Waals surface area contributed by atoms with E-state index in [2.05, 4.69) is 40.1 Å². The van der Waals surface area contributed by atoms with E-state index in [0.717, 1.165) is 30.0 Å². The van der Waals surface area contributed by atoms with Crippen LogP contribution < -0.4 is 9.64 Å². The Balaban J connectivity index is 1.86. The molecule has 112 valence electrons. The normalized spacial score (nSPS) is 17.2. The fraction of sp³-hybridized carbons (Fsp3) is 0.222. The predicted molar refractivity (Wildman–Crippen MR) is 89.1 cm³/mol. The third kappa shape index (κ3) is 3.34. The molecule has 0 saturated heterocycles. The van der Waals surface area contributed by atoms with Crippen molar-refractivity contribution in [1.29, 1.82) is 0 Å². The molecule has 22 heavy (non-hydrogen) atoms. The molecule has 0 bridgehead atoms. The minimum Gasteiger partial charge on any atom is -0.463 e. The number of nitrogens with zero attached hydrogens (tertiary/aromatic N) is 3. The number of para-hydroxylation sites is 1. The Morgan fingerprint density at radius 3 is 2.73 bits per heavy atom. The van der Waals surface area contributed by atoms with Crippen molar-refractivity contribution in [2.45, 2.75) is 26.0 Å². The summed E-state index contributed by atoms with van der Waals surface area (Å²) in [5, 5.41) is 0. The molecular weight excluding hydrogens is 274 g/mol. The van der Waals surface area contributed by atoms with Gasteiger partial charge in [-0.2, -0.15) is 0 Å². The van der Waals surface area contributed by atoms with Gasteiger partial charge < -0.3 is 9.64 Å². The zero-order valence-corrected chi connectivity index (χ0v) is 12.6. The van der Waals surface area contributed by atoms with E-state index in [1.165, 1.54) is 0 Å². The van der Waals surface area contributed by atoms with Gasteiger partial charge >= 0.3 is 0 Å². The van der Waals surface area contributed by atoms with E-state index < -0.39 is 0 Å². The van der Waals surface area contributed by atoms with Crippen molar-refractivity contribution in [3.05, 3.63) is 66.8 Å². The van der Waals surface area contributed by atoms with Gasteiger partial charge in [-0.15, -0.1) is 0 Å². The van der Waals surface area contributed by atoms with Crippen LogP contribution in [0.1, 0.15) is 19.8 Å². The highest BCUT2D eigenvalue weighted by molar-refractivity contribution is 5.74. The average Bonchev–Trinajstić information content (AvgIpc) is 2.58. The Bertz CT molecular complexity index is 653. The highest BCUT2D eigenvalue weighted by Crippen LogP contribution is 2.24. The van der Waals surface area contributed by atoms with Crippen molar-refractivity contribution in [3.63, 3.8) is 0 Å². The lowest BCUT2D eigenvalue weighted by Gasteiger charge is -2.31. The van der Waals surface area contributed by atoms with Crippen molar-refractivity contribution < 1.29 is 4.74 Å². The van der Waals surface area contributed by atoms with Crippen LogP contribution in [0.5, 0.6) is 5.75 Å². The molecule has 0 spiro atoms. The quantitative estimate of drug-likeness (QED) is 0.835. The van der Waals surface area contributed by atoms with Gasteiger partial charge in [0.2, 0.25) is 6.23 Å². The molecule has 0 radical (unpaired) electrons. The van der Waals surface area contributed by atoms with Gasteiger partial charge in [0, 0.05) is 18.1 Å². The van der Waals surface area contributed by atoms with Crippen molar-refractivity contribution in [3.8, 4) is 5.75 Å². The Morgan fingerprint density at radius 1 is 1.14 bits per heavy atom. The number of hydrogen-bond acceptors (Lipinski definition) is 4. The van der Waals surface area contributed by atoms with Crippen molar-refractivity contribution in [1.82, 2.24) is 4.98 Å². The number of anilines is 1. The lowest BCUT2D eigenvalue weighted by atomic mass is 10.2. The predicted octanol–water partition coefficient (Wildman–Crippen LogP) is 4.02. The van der Waals surface area contributed by atoms with Crippen LogP contribution in [0.15, 0.2) is 71.7 Å². The summed E-state index contributed by atoms with van der Waals surface area (Å²) in [5.41, 5.74) is 2.15. The maximum Gasteiger partial charge on any atom is 0.212 e. The second kappa shape index (κ2) is 6.89. The molecule has 4 nitrogen and oxygen atoms in total. The van der Waals surface area contributed by atoms with E-state index in [-0.39, 0.29) is 6.23 Å². The first kappa shape index (κ1) is 14.3. The Kier molecular flexibility index (Phi) is 4.49. The van der Waals surface area contributed by atoms with Gasteiger partial charge in [0.15, 0.2) is 0 Å². The second-order valence-electron chi connectivity index (χ2n) is 5.09. The minimum atomic E-state index is -0.271. The maximum atomic E-state index is 6.02. The molecule has 1 aliphatic rings. The van der Waals surface area contributed by atoms with E-state index in [4.69, 9.17) is 4.74 Å². The van der Waals surface area contributed by atoms with Crippen molar-refractivity contribution >= 4 is 11.9 Å². The summed E-state index contributed by atoms with van der Waals surface area (Å²) in [6.45, 7) is 2.15. The number of aliphatic imine (C=N–C) groups is 1. The van der Waals surface area contributed by atoms with Crippen molar-refractivity contribution in [2.75, 3.05) is 4.90 Å². The highest BCUT2D eigenvalue weighted by Gasteiger charge is 2.21. The van der Waals surface area contributed by atoms with Crippen LogP contribution in [-0.4, -0.2) is 17.4 Å². The van der Waals surface area contributed by atoms with Gasteiger partial charge in [-0.1, -0.05) is 31.5 Å². The van der Waals surface area contributed by atoms with Crippen LogP contribution in [0.3, 0.4) is 0 Å². The third-order valence-corrected chi connectivity index (χ3v) is 3.38. The molecule has 3 rings (SSSR count). The second-order valence-corrected chi connectivity index (χ2v) is 5.09. The molecule has 2 aromatic rings. The molecule has 4 heteroatoms. The van der Waals surface area contributed by atoms with Crippen molar-refractivity contribution in [2.24, 2.45) is 4.99 Å². The molecule has 0 aliphatic carbocycles. The summed E-state index contributed by atoms with van der Waals surface area (Å²) in [6.07, 6.45) is 9.12. The van der Waals surface area contributed by atoms with Crippen LogP contribution in [0.25, 0.3) is 0 Å². The fourth-order valence-electron chi connectivity index (χ4n) is 2.35. The summed E-state index contributed by atoms with van der Waals surface area (Å²) in [6, 6.07) is 14.0. The number of aromatic nitrogens is 1. The first-order chi connectivity index (χ1) is 10.9. The molecule has 1 atom stereocenters. The maximum absolute atomic E-state index is 6.02. The summed E-state index contributed by atoms with van der Waals surface area (Å²) >= 11 is 0. The largest absolute Gasteiger partial charge is 0.463 e. The number of hydrogen-bond donors (Lipinski definition) is 0. The van der Waals surface area contributed by atoms with Crippen LogP contribution >= 0.6 is 0 Å². The zero-order valence-electron chi connectivity index (χ0n) is 12.6. The standard InChI is InChI=1S/C18H19N3O/c1-2-7-15-14-21(16-8-4-3-5-9-16)18(13-20-15)22-17-10-6-11-19-12-17/h3-6,8-14,18H,2,7H2,1H3. The zero-order chi connectivity index (χ0) is 15.2. The van der Waals surface area contributed by atoms with E-state index in [1.807, 2.05) is 36.5 Å². The summed E-state index contributed by atoms with van der Waals surface area (Å²) in [7, 11) is 0. The smallest absolute Gasteiger partial charge is 0.212 e. The molecule has 1 aliphatic heterocycles. The molecule has 1 unspecified atom stereocenters. The number of benzene rings is 1. The van der Waals surface area contributed by atoms with E-state index >= 15 is 0 Å². The summed E-state index contributed by atoms with van der Waals surface area (Å²) in [5.74, 6) is 0.729. The van der Waals surface area contributed by atoms with Crippen LogP contribution in [0, 0.1) is 0 Å². The van der Waals surface area contributed by atoms with Gasteiger partial charge in [-0.25, -0.2) is 0 Å². The summed E-state index contributed by atoms with van der Waals surface area (Å²) in [4.78, 5) is 10.7. The third-order valence-electron chi connectivity index (χ3n) is 3.38. The Morgan fingerprint density at radius 2 is 2.00 bits per heavy atom. The number of pyridine rings is 1. The lowest BCUT2D eigenvalue weighted by Crippen LogP contribution is -2.39. The first-order valence-electron chi connectivity index (χ1n) is 7.52. The minimum absolute atomic E-state index is 0.271. The first-order valence-corrected chi connectivity index (χ1v) is 7.52. The number of ether oxygens (including phenoxy) is 1. The highest BCUT2D eigenvalue weighted by atomic mass is 16.5. The topological polar surface area (TPSA) is 37.7 Å². The molecule has 0 amide bonds. The van der Waals surface area contributed by atoms with Gasteiger partial charge in [0.05, 0.1) is 18.1 Å². The SMILES string of the molecule is CCCC1=CN(c2ccccc2)C(Oc2cccnc2)C=N1. The van der Waals surface area contributed by atoms with Gasteiger partial charge in [-0.3, -0.25) is 9.98 Å².